The fourth-order valence-electron chi connectivity index (χ4n) is 7.13. The third-order valence-corrected chi connectivity index (χ3v) is 12.2. The van der Waals surface area contributed by atoms with E-state index in [2.05, 4.69) is 31.2 Å². The molecular formula is C52H85NO9P+. The van der Waals surface area contributed by atoms with Gasteiger partial charge in [-0.15, -0.1) is 0 Å². The van der Waals surface area contributed by atoms with Crippen LogP contribution in [-0.4, -0.2) is 80.7 Å². The standard InChI is InChI=1S/C52H84NO9P/c1-6-7-8-9-10-11-12-13-14-15-16-19-23-26-29-32-51(55)62-49(44-61-63(57,58)60-42-41-53(3,4)5)43-59-50(54)31-28-25-22-20-17-18-21-24-27-30-46-35-39-48(40-36-46)52(56)47-37-33-45(2)34-38-47/h13-14,33-40,49H,6-12,15-32,41-44H2,1-5H3/p+1/b14-13-/t49-/m1/s1. The van der Waals surface area contributed by atoms with E-state index in [1.807, 2.05) is 64.5 Å². The smallest absolute Gasteiger partial charge is 0.462 e. The van der Waals surface area contributed by atoms with Gasteiger partial charge in [0.2, 0.25) is 0 Å². The molecule has 0 amide bonds. The van der Waals surface area contributed by atoms with Crippen LogP contribution in [0.2, 0.25) is 0 Å². The van der Waals surface area contributed by atoms with E-state index in [-0.39, 0.29) is 31.8 Å². The molecule has 0 aliphatic heterocycles. The van der Waals surface area contributed by atoms with Crippen LogP contribution in [-0.2, 0) is 39.1 Å². The Hall–Kier alpha value is -3.14. The SMILES string of the molecule is CCCCCCCC/C=C\CCCCCCCC(=O)O[C@H](COC(=O)CCCCCCCCCCCc1ccc(C(=O)c2ccc(C)cc2)cc1)COP(=O)(O)OCC[N+](C)(C)C. The molecule has 0 heterocycles. The number of hydrogen-bond acceptors (Lipinski definition) is 8. The summed E-state index contributed by atoms with van der Waals surface area (Å²) >= 11 is 0. The van der Waals surface area contributed by atoms with Crippen LogP contribution in [0.25, 0.3) is 0 Å². The summed E-state index contributed by atoms with van der Waals surface area (Å²) in [5.74, 6) is -0.789. The zero-order valence-electron chi connectivity index (χ0n) is 40.0. The number of aryl methyl sites for hydroxylation is 2. The maximum atomic E-state index is 12.7. The lowest BCUT2D eigenvalue weighted by Crippen LogP contribution is -2.37. The van der Waals surface area contributed by atoms with Crippen molar-refractivity contribution in [2.75, 3.05) is 47.5 Å². The second-order valence-electron chi connectivity index (χ2n) is 18.3. The molecule has 0 aliphatic rings. The molecule has 2 rings (SSSR count). The van der Waals surface area contributed by atoms with E-state index >= 15 is 0 Å². The molecule has 10 nitrogen and oxygen atoms in total. The molecule has 0 bridgehead atoms. The summed E-state index contributed by atoms with van der Waals surface area (Å²) in [6, 6.07) is 15.7. The van der Waals surface area contributed by atoms with Crippen LogP contribution in [0.15, 0.2) is 60.7 Å². The average molecular weight is 899 g/mol. The van der Waals surface area contributed by atoms with Gasteiger partial charge in [0.05, 0.1) is 27.7 Å². The first-order chi connectivity index (χ1) is 30.3. The first-order valence-electron chi connectivity index (χ1n) is 24.4. The molecular weight excluding hydrogens is 814 g/mol. The van der Waals surface area contributed by atoms with E-state index in [1.54, 1.807) is 0 Å². The van der Waals surface area contributed by atoms with Crippen molar-refractivity contribution >= 4 is 25.5 Å². The van der Waals surface area contributed by atoms with Gasteiger partial charge in [0, 0.05) is 24.0 Å². The van der Waals surface area contributed by atoms with Crippen LogP contribution in [0.1, 0.15) is 188 Å². The highest BCUT2D eigenvalue weighted by atomic mass is 31.2. The van der Waals surface area contributed by atoms with Gasteiger partial charge in [-0.25, -0.2) is 4.57 Å². The van der Waals surface area contributed by atoms with E-state index in [9.17, 15) is 23.8 Å². The molecule has 1 unspecified atom stereocenters. The van der Waals surface area contributed by atoms with Crippen molar-refractivity contribution in [3.05, 3.63) is 82.9 Å². The number of ketones is 1. The predicted molar refractivity (Wildman–Crippen MR) is 256 cm³/mol. The van der Waals surface area contributed by atoms with Crippen LogP contribution in [0.4, 0.5) is 0 Å². The molecule has 0 saturated heterocycles. The highest BCUT2D eigenvalue weighted by Gasteiger charge is 2.27. The molecule has 1 N–H and O–H groups in total. The zero-order valence-corrected chi connectivity index (χ0v) is 40.9. The number of nitrogens with zero attached hydrogens (tertiary/aromatic N) is 1. The van der Waals surface area contributed by atoms with Gasteiger partial charge in [0.1, 0.15) is 19.8 Å². The normalized spacial score (nSPS) is 13.2. The number of likely N-dealkylation sites (N-methyl/N-ethyl adjacent to an activating group) is 1. The first kappa shape index (κ1) is 56.0. The number of hydrogen-bond donors (Lipinski definition) is 1. The quantitative estimate of drug-likeness (QED) is 0.0174. The Bertz CT molecular complexity index is 1590. The van der Waals surface area contributed by atoms with Gasteiger partial charge in [0.15, 0.2) is 11.9 Å². The number of carbonyl (C=O) groups excluding carboxylic acids is 3. The fraction of sp³-hybridized carbons (Fsp3) is 0.673. The van der Waals surface area contributed by atoms with E-state index in [4.69, 9.17) is 18.5 Å². The molecule has 0 aliphatic carbocycles. The van der Waals surface area contributed by atoms with E-state index in [0.29, 0.717) is 23.9 Å². The van der Waals surface area contributed by atoms with Crippen LogP contribution in [0.3, 0.4) is 0 Å². The number of unbranched alkanes of at least 4 members (excludes halogenated alkanes) is 19. The summed E-state index contributed by atoms with van der Waals surface area (Å²) in [5, 5.41) is 0. The Balaban J connectivity index is 1.59. The molecule has 0 radical (unpaired) electrons. The minimum atomic E-state index is -4.40. The van der Waals surface area contributed by atoms with Crippen molar-refractivity contribution in [1.82, 2.24) is 0 Å². The molecule has 356 valence electrons. The zero-order chi connectivity index (χ0) is 46.0. The third kappa shape index (κ3) is 30.6. The highest BCUT2D eigenvalue weighted by Crippen LogP contribution is 2.43. The maximum Gasteiger partial charge on any atom is 0.472 e. The molecule has 0 spiro atoms. The van der Waals surface area contributed by atoms with Gasteiger partial charge in [-0.3, -0.25) is 23.4 Å². The molecule has 2 aromatic carbocycles. The lowest BCUT2D eigenvalue weighted by atomic mass is 9.99. The van der Waals surface area contributed by atoms with E-state index < -0.39 is 32.5 Å². The van der Waals surface area contributed by atoms with Gasteiger partial charge < -0.3 is 18.9 Å². The summed E-state index contributed by atoms with van der Waals surface area (Å²) in [6.07, 6.45) is 29.8. The Morgan fingerprint density at radius 2 is 1.10 bits per heavy atom. The first-order valence-corrected chi connectivity index (χ1v) is 25.9. The minimum Gasteiger partial charge on any atom is -0.462 e. The number of esters is 2. The van der Waals surface area contributed by atoms with Gasteiger partial charge in [-0.2, -0.15) is 0 Å². The predicted octanol–water partition coefficient (Wildman–Crippen LogP) is 13.0. The van der Waals surface area contributed by atoms with Crippen molar-refractivity contribution in [3.8, 4) is 0 Å². The number of ether oxygens (including phenoxy) is 2. The van der Waals surface area contributed by atoms with Gasteiger partial charge in [-0.1, -0.05) is 169 Å². The maximum absolute atomic E-state index is 12.7. The second kappa shape index (κ2) is 34.2. The minimum absolute atomic E-state index is 0.0173. The van der Waals surface area contributed by atoms with Crippen molar-refractivity contribution in [1.29, 1.82) is 0 Å². The van der Waals surface area contributed by atoms with Gasteiger partial charge in [0.25, 0.3) is 0 Å². The average Bonchev–Trinajstić information content (AvgIpc) is 3.24. The third-order valence-electron chi connectivity index (χ3n) is 11.2. The number of phosphoric ester groups is 1. The topological polar surface area (TPSA) is 125 Å². The molecule has 0 fully saturated rings. The lowest BCUT2D eigenvalue weighted by Gasteiger charge is -2.24. The number of benzene rings is 2. The largest absolute Gasteiger partial charge is 0.472 e. The van der Waals surface area contributed by atoms with E-state index in [1.165, 1.54) is 69.8 Å². The van der Waals surface area contributed by atoms with Crippen molar-refractivity contribution in [3.63, 3.8) is 0 Å². The number of phosphoric acid groups is 1. The molecule has 2 aromatic rings. The number of rotatable bonds is 39. The monoisotopic (exact) mass is 899 g/mol. The van der Waals surface area contributed by atoms with Gasteiger partial charge >= 0.3 is 19.8 Å². The Kier molecular flexibility index (Phi) is 30.4. The number of allylic oxidation sites excluding steroid dienone is 2. The van der Waals surface area contributed by atoms with Gasteiger partial charge in [-0.05, 0) is 63.9 Å². The summed E-state index contributed by atoms with van der Waals surface area (Å²) in [7, 11) is 1.43. The second-order valence-corrected chi connectivity index (χ2v) is 19.8. The summed E-state index contributed by atoms with van der Waals surface area (Å²) in [6.45, 7) is 4.10. The van der Waals surface area contributed by atoms with Crippen molar-refractivity contribution < 1.29 is 46.8 Å². The molecule has 11 heteroatoms. The molecule has 0 saturated carbocycles. The summed E-state index contributed by atoms with van der Waals surface area (Å²) in [4.78, 5) is 48.3. The van der Waals surface area contributed by atoms with E-state index in [0.717, 1.165) is 87.3 Å². The summed E-state index contributed by atoms with van der Waals surface area (Å²) in [5.41, 5.74) is 3.84. The van der Waals surface area contributed by atoms with Crippen LogP contribution in [0.5, 0.6) is 0 Å². The molecule has 0 aromatic heterocycles. The molecule has 63 heavy (non-hydrogen) atoms. The van der Waals surface area contributed by atoms with Crippen LogP contribution >= 0.6 is 7.82 Å². The van der Waals surface area contributed by atoms with Crippen LogP contribution in [0, 0.1) is 6.92 Å². The van der Waals surface area contributed by atoms with Crippen LogP contribution < -0.4 is 0 Å². The van der Waals surface area contributed by atoms with Crippen molar-refractivity contribution in [2.45, 2.75) is 180 Å². The molecule has 2 atom stereocenters. The Morgan fingerprint density at radius 3 is 1.63 bits per heavy atom. The Morgan fingerprint density at radius 1 is 0.619 bits per heavy atom. The summed E-state index contributed by atoms with van der Waals surface area (Å²) < 4.78 is 34.4. The fourth-order valence-corrected chi connectivity index (χ4v) is 7.88. The number of carbonyl (C=O) groups is 3. The highest BCUT2D eigenvalue weighted by molar-refractivity contribution is 7.47. The van der Waals surface area contributed by atoms with Crippen molar-refractivity contribution in [2.24, 2.45) is 0 Å². The lowest BCUT2D eigenvalue weighted by molar-refractivity contribution is -0.870. The number of quaternary nitrogens is 1. The Labute approximate surface area is 382 Å².